The van der Waals surface area contributed by atoms with Gasteiger partial charge < -0.3 is 28.5 Å². The molecule has 3 aromatic rings. The van der Waals surface area contributed by atoms with E-state index in [1.165, 1.54) is 11.1 Å². The smallest absolute Gasteiger partial charge is 0.407 e. The number of rotatable bonds is 17. The van der Waals surface area contributed by atoms with Crippen molar-refractivity contribution >= 4 is 37.8 Å². The predicted octanol–water partition coefficient (Wildman–Crippen LogP) is 13.6. The van der Waals surface area contributed by atoms with E-state index in [9.17, 15) is 10.1 Å². The van der Waals surface area contributed by atoms with Crippen LogP contribution in [0.4, 0.5) is 21.9 Å². The topological polar surface area (TPSA) is 102 Å². The third-order valence-electron chi connectivity index (χ3n) is 10.6. The van der Waals surface area contributed by atoms with E-state index in [1.54, 1.807) is 0 Å². The fraction of sp³-hybridized carbons (Fsp3) is 0.358. The van der Waals surface area contributed by atoms with Crippen molar-refractivity contribution in [2.24, 2.45) is 5.41 Å². The molecule has 0 unspecified atom stereocenters. The van der Waals surface area contributed by atoms with Crippen molar-refractivity contribution in [3.8, 4) is 6.07 Å². The third-order valence-corrected chi connectivity index (χ3v) is 13.8. The van der Waals surface area contributed by atoms with E-state index in [4.69, 9.17) is 31.5 Å². The van der Waals surface area contributed by atoms with Gasteiger partial charge >= 0.3 is 14.7 Å². The molecule has 64 heavy (non-hydrogen) atoms. The highest BCUT2D eigenvalue weighted by atomic mass is 28.4. The molecular weight excluding hydrogens is 815 g/mol. The van der Waals surface area contributed by atoms with Crippen molar-refractivity contribution in [3.63, 3.8) is 0 Å². The molecule has 1 N–H and O–H groups in total. The summed E-state index contributed by atoms with van der Waals surface area (Å²) in [7, 11) is -2.34. The number of amides is 1. The number of nitrogens with one attached hydrogen (secondary N) is 1. The maximum Gasteiger partial charge on any atom is 0.407 e. The number of para-hydroxylation sites is 1. The zero-order valence-corrected chi connectivity index (χ0v) is 39.7. The summed E-state index contributed by atoms with van der Waals surface area (Å²) in [6, 6.07) is 29.4. The van der Waals surface area contributed by atoms with Gasteiger partial charge in [-0.1, -0.05) is 92.8 Å². The number of benzene rings is 3. The molecule has 0 bridgehead atoms. The second-order valence-corrected chi connectivity index (χ2v) is 21.3. The molecule has 11 heteroatoms. The van der Waals surface area contributed by atoms with Crippen molar-refractivity contribution in [2.45, 2.75) is 112 Å². The summed E-state index contributed by atoms with van der Waals surface area (Å²) in [5.41, 5.74) is 7.16. The highest BCUT2D eigenvalue weighted by Gasteiger charge is 2.38. The number of nitriles is 1. The molecule has 0 saturated heterocycles. The molecule has 0 saturated carbocycles. The summed E-state index contributed by atoms with van der Waals surface area (Å²) < 4.78 is 23.8. The summed E-state index contributed by atoms with van der Waals surface area (Å²) >= 11 is 0. The van der Waals surface area contributed by atoms with Crippen molar-refractivity contribution in [1.82, 2.24) is 5.32 Å². The molecule has 332 valence electrons. The van der Waals surface area contributed by atoms with Crippen LogP contribution in [0.25, 0.3) is 15.8 Å². The largest absolute Gasteiger partial charge is 0.505 e. The first-order valence-electron chi connectivity index (χ1n) is 21.8. The first kappa shape index (κ1) is 48.6. The Morgan fingerprint density at radius 2 is 1.53 bits per heavy atom. The van der Waals surface area contributed by atoms with Crippen LogP contribution in [0, 0.1) is 29.9 Å². The number of carbonyl (C=O) groups is 1. The lowest BCUT2D eigenvalue weighted by molar-refractivity contribution is 0.0951. The Labute approximate surface area is 381 Å². The number of ether oxygens (including phenoxy) is 2. The van der Waals surface area contributed by atoms with Gasteiger partial charge in [0.2, 0.25) is 5.70 Å². The van der Waals surface area contributed by atoms with E-state index in [1.807, 2.05) is 102 Å². The highest BCUT2D eigenvalue weighted by Crippen LogP contribution is 2.42. The Balaban J connectivity index is 1.24. The van der Waals surface area contributed by atoms with Crippen LogP contribution in [0.5, 0.6) is 0 Å². The quantitative estimate of drug-likeness (QED) is 0.0624. The van der Waals surface area contributed by atoms with Gasteiger partial charge in [-0.15, -0.1) is 0 Å². The standard InChI is InChI=1S/C53H61N5O5Si/c1-38(2)62-64(11,63-39(3)4)32-16-31-57-51(59)60-37-41-25-29-46(30-26-41)58(44-18-13-12-14-19-44)45-27-23-40(24-28-45)21-22-43-33-42(34-52(5,6)35-43)17-15-20-47-49(56-10)50(48(36-54)55-9)61-53(47,7)8/h12-15,17-30,33,38-39H,16,31-32,34-35,37H2,1-8,11H3,(H,57,59). The van der Waals surface area contributed by atoms with Crippen molar-refractivity contribution in [3.05, 3.63) is 177 Å². The summed E-state index contributed by atoms with van der Waals surface area (Å²) in [6.45, 7) is 34.1. The fourth-order valence-electron chi connectivity index (χ4n) is 8.08. The Morgan fingerprint density at radius 3 is 2.12 bits per heavy atom. The van der Waals surface area contributed by atoms with Gasteiger partial charge in [0.05, 0.1) is 19.2 Å². The molecular formula is C53H61N5O5Si. The summed E-state index contributed by atoms with van der Waals surface area (Å²) in [6.07, 6.45) is 14.7. The van der Waals surface area contributed by atoms with Gasteiger partial charge in [-0.2, -0.15) is 0 Å². The second-order valence-electron chi connectivity index (χ2n) is 18.1. The van der Waals surface area contributed by atoms with Crippen LogP contribution in [0.15, 0.2) is 143 Å². The number of hydrogen-bond acceptors (Lipinski definition) is 7. The molecule has 0 atom stereocenters. The number of carbonyl (C=O) groups excluding carboxylic acids is 1. The van der Waals surface area contributed by atoms with Crippen LogP contribution < -0.4 is 10.2 Å². The molecule has 0 fully saturated rings. The molecule has 1 aliphatic heterocycles. The highest BCUT2D eigenvalue weighted by molar-refractivity contribution is 6.66. The molecule has 0 spiro atoms. The molecule has 1 heterocycles. The first-order valence-corrected chi connectivity index (χ1v) is 24.4. The Morgan fingerprint density at radius 1 is 0.906 bits per heavy atom. The lowest BCUT2D eigenvalue weighted by Crippen LogP contribution is -2.43. The monoisotopic (exact) mass is 875 g/mol. The number of anilines is 3. The van der Waals surface area contributed by atoms with Gasteiger partial charge in [0.1, 0.15) is 18.0 Å². The average Bonchev–Trinajstić information content (AvgIpc) is 3.50. The number of allylic oxidation sites excluding steroid dienone is 7. The van der Waals surface area contributed by atoms with Gasteiger partial charge in [-0.3, -0.25) is 0 Å². The van der Waals surface area contributed by atoms with E-state index in [0.29, 0.717) is 12.1 Å². The van der Waals surface area contributed by atoms with Crippen molar-refractivity contribution in [1.29, 1.82) is 5.26 Å². The average molecular weight is 876 g/mol. The molecule has 5 rings (SSSR count). The Kier molecular flexibility index (Phi) is 16.5. The zero-order chi connectivity index (χ0) is 46.5. The molecule has 3 aromatic carbocycles. The summed E-state index contributed by atoms with van der Waals surface area (Å²) in [5, 5.41) is 12.3. The van der Waals surface area contributed by atoms with Gasteiger partial charge in [0.25, 0.3) is 5.70 Å². The maximum absolute atomic E-state index is 12.6. The Hall–Kier alpha value is -6.42. The van der Waals surface area contributed by atoms with Gasteiger partial charge in [-0.05, 0) is 137 Å². The minimum atomic E-state index is -2.34. The van der Waals surface area contributed by atoms with Gasteiger partial charge in [0.15, 0.2) is 0 Å². The molecule has 0 aromatic heterocycles. The van der Waals surface area contributed by atoms with Crippen LogP contribution in [0.3, 0.4) is 0 Å². The molecule has 2 aliphatic rings. The maximum atomic E-state index is 12.6. The van der Waals surface area contributed by atoms with E-state index in [2.05, 4.69) is 101 Å². The van der Waals surface area contributed by atoms with E-state index >= 15 is 0 Å². The minimum Gasteiger partial charge on any atom is -0.505 e. The number of alkyl carbamates (subject to hydrolysis) is 1. The van der Waals surface area contributed by atoms with Crippen molar-refractivity contribution < 1.29 is 23.1 Å². The second kappa shape index (κ2) is 21.8. The van der Waals surface area contributed by atoms with E-state index in [0.717, 1.165) is 53.5 Å². The summed E-state index contributed by atoms with van der Waals surface area (Å²) in [4.78, 5) is 21.7. The normalized spacial score (nSPS) is 17.2. The fourth-order valence-corrected chi connectivity index (χ4v) is 11.2. The minimum absolute atomic E-state index is 0.0440. The number of nitrogens with zero attached hydrogens (tertiary/aromatic N) is 4. The summed E-state index contributed by atoms with van der Waals surface area (Å²) in [5.74, 6) is 0.0498. The zero-order valence-electron chi connectivity index (χ0n) is 38.7. The van der Waals surface area contributed by atoms with Crippen LogP contribution in [-0.4, -0.2) is 39.0 Å². The Bertz CT molecular complexity index is 2410. The SMILES string of the molecule is [C-]#[N+]C(C#N)=C1OC(C)(C)C(C=CC=C2C=C(C=Cc3ccc(N(c4ccccc4)c4ccc(COC(=O)NCCC[Si](C)(OC(C)C)OC(C)C)cc4)cc3)CC(C)(C)C2)=C1[N+]#[C-]. The number of hydrogen-bond donors (Lipinski definition) is 1. The predicted molar refractivity (Wildman–Crippen MR) is 258 cm³/mol. The van der Waals surface area contributed by atoms with Crippen LogP contribution >= 0.6 is 0 Å². The molecule has 1 amide bonds. The van der Waals surface area contributed by atoms with Crippen molar-refractivity contribution in [2.75, 3.05) is 11.4 Å². The lowest BCUT2D eigenvalue weighted by Gasteiger charge is -2.31. The third kappa shape index (κ3) is 13.5. The van der Waals surface area contributed by atoms with E-state index < -0.39 is 20.3 Å². The van der Waals surface area contributed by atoms with Gasteiger partial charge in [-0.25, -0.2) is 19.7 Å². The van der Waals surface area contributed by atoms with E-state index in [-0.39, 0.29) is 41.4 Å². The molecule has 10 nitrogen and oxygen atoms in total. The lowest BCUT2D eigenvalue weighted by atomic mass is 9.75. The van der Waals surface area contributed by atoms with Crippen LogP contribution in [-0.2, 0) is 24.9 Å². The molecule has 0 radical (unpaired) electrons. The first-order chi connectivity index (χ1) is 30.4. The van der Waals surface area contributed by atoms with Crippen LogP contribution in [0.2, 0.25) is 12.6 Å². The molecule has 1 aliphatic carbocycles. The van der Waals surface area contributed by atoms with Crippen LogP contribution in [0.1, 0.15) is 85.8 Å². The van der Waals surface area contributed by atoms with Gasteiger partial charge in [0, 0.05) is 41.4 Å².